The summed E-state index contributed by atoms with van der Waals surface area (Å²) in [7, 11) is -2.04. The van der Waals surface area contributed by atoms with Gasteiger partial charge >= 0.3 is 0 Å². The summed E-state index contributed by atoms with van der Waals surface area (Å²) in [5.74, 6) is 0. The highest BCUT2D eigenvalue weighted by atomic mass is 35.5. The first-order chi connectivity index (χ1) is 10.8. The second-order valence-corrected chi connectivity index (χ2v) is 8.60. The van der Waals surface area contributed by atoms with Crippen LogP contribution in [-0.4, -0.2) is 41.8 Å². The fraction of sp³-hybridized carbons (Fsp3) is 0.600. The molecule has 0 unspecified atom stereocenters. The molecule has 0 atom stereocenters. The topological polar surface area (TPSA) is 67.4 Å². The molecule has 138 valence electrons. The first-order valence-corrected chi connectivity index (χ1v) is 9.69. The van der Waals surface area contributed by atoms with E-state index in [0.29, 0.717) is 28.8 Å². The van der Waals surface area contributed by atoms with Crippen molar-refractivity contribution in [2.24, 2.45) is 5.41 Å². The number of nitrogens with one attached hydrogen (secondary N) is 2. The lowest BCUT2D eigenvalue weighted by atomic mass is 9.80. The van der Waals surface area contributed by atoms with E-state index < -0.39 is 10.0 Å². The summed E-state index contributed by atoms with van der Waals surface area (Å²) in [4.78, 5) is 0.0830. The van der Waals surface area contributed by atoms with Gasteiger partial charge in [0.2, 0.25) is 10.0 Å². The number of ether oxygens (including phenoxy) is 1. The number of methoxy groups -OCH3 is 1. The standard InChI is InChI=1S/C15H22Cl2N2O3S.ClH/c1-11-13(16)7-12(8-14(11)17)23(20,21)19-9-15(10-22-2)3-5-18-6-4-15;/h7-8,18-19H,3-6,9-10H2,1-2H3;1H. The second kappa shape index (κ2) is 9.03. The average Bonchev–Trinajstić information content (AvgIpc) is 2.51. The van der Waals surface area contributed by atoms with Gasteiger partial charge in [-0.25, -0.2) is 13.1 Å². The molecule has 0 aliphatic carbocycles. The Morgan fingerprint density at radius 3 is 2.29 bits per heavy atom. The maximum atomic E-state index is 12.6. The number of piperidine rings is 1. The van der Waals surface area contributed by atoms with E-state index in [1.165, 1.54) is 12.1 Å². The third-order valence-electron chi connectivity index (χ3n) is 4.32. The predicted octanol–water partition coefficient (Wildman–Crippen LogP) is 3.02. The molecule has 0 bridgehead atoms. The van der Waals surface area contributed by atoms with E-state index in [1.54, 1.807) is 14.0 Å². The minimum Gasteiger partial charge on any atom is -0.384 e. The molecule has 1 aromatic carbocycles. The van der Waals surface area contributed by atoms with Crippen molar-refractivity contribution in [3.63, 3.8) is 0 Å². The first-order valence-electron chi connectivity index (χ1n) is 7.45. The Hall–Kier alpha value is -0.0800. The van der Waals surface area contributed by atoms with Crippen molar-refractivity contribution in [3.8, 4) is 0 Å². The van der Waals surface area contributed by atoms with Crippen LogP contribution in [0.2, 0.25) is 10.0 Å². The van der Waals surface area contributed by atoms with Crippen LogP contribution in [0.25, 0.3) is 0 Å². The van der Waals surface area contributed by atoms with Crippen LogP contribution in [0.1, 0.15) is 18.4 Å². The van der Waals surface area contributed by atoms with E-state index in [0.717, 1.165) is 25.9 Å². The lowest BCUT2D eigenvalue weighted by Crippen LogP contribution is -2.47. The van der Waals surface area contributed by atoms with Crippen molar-refractivity contribution in [2.75, 3.05) is 33.4 Å². The fourth-order valence-corrected chi connectivity index (χ4v) is 4.57. The summed E-state index contributed by atoms with van der Waals surface area (Å²) in [6, 6.07) is 2.85. The molecule has 1 aliphatic heterocycles. The minimum absolute atomic E-state index is 0. The SMILES string of the molecule is COCC1(CNS(=O)(=O)c2cc(Cl)c(C)c(Cl)c2)CCNCC1.Cl. The van der Waals surface area contributed by atoms with Crippen LogP contribution < -0.4 is 10.0 Å². The molecule has 9 heteroatoms. The number of hydrogen-bond acceptors (Lipinski definition) is 4. The van der Waals surface area contributed by atoms with Crippen molar-refractivity contribution in [3.05, 3.63) is 27.7 Å². The highest BCUT2D eigenvalue weighted by molar-refractivity contribution is 7.89. The van der Waals surface area contributed by atoms with Crippen molar-refractivity contribution in [1.82, 2.24) is 10.0 Å². The van der Waals surface area contributed by atoms with Crippen LogP contribution in [0.4, 0.5) is 0 Å². The maximum Gasteiger partial charge on any atom is 0.240 e. The molecule has 0 amide bonds. The third-order valence-corrected chi connectivity index (χ3v) is 6.48. The average molecular weight is 418 g/mol. The molecule has 0 saturated carbocycles. The fourth-order valence-electron chi connectivity index (χ4n) is 2.74. The molecule has 0 radical (unpaired) electrons. The summed E-state index contributed by atoms with van der Waals surface area (Å²) in [5, 5.41) is 3.96. The van der Waals surface area contributed by atoms with Gasteiger partial charge in [-0.2, -0.15) is 0 Å². The van der Waals surface area contributed by atoms with Crippen LogP contribution in [0.5, 0.6) is 0 Å². The second-order valence-electron chi connectivity index (χ2n) is 6.02. The summed E-state index contributed by atoms with van der Waals surface area (Å²) in [6.07, 6.45) is 1.72. The molecular weight excluding hydrogens is 395 g/mol. The van der Waals surface area contributed by atoms with Crippen LogP contribution in [0.15, 0.2) is 17.0 Å². The minimum atomic E-state index is -3.67. The van der Waals surface area contributed by atoms with Gasteiger partial charge in [-0.15, -0.1) is 12.4 Å². The zero-order valence-electron chi connectivity index (χ0n) is 13.7. The van der Waals surface area contributed by atoms with E-state index in [1.807, 2.05) is 0 Å². The molecule has 1 aliphatic rings. The van der Waals surface area contributed by atoms with Crippen molar-refractivity contribution < 1.29 is 13.2 Å². The predicted molar refractivity (Wildman–Crippen MR) is 100 cm³/mol. The monoisotopic (exact) mass is 416 g/mol. The Morgan fingerprint density at radius 2 is 1.79 bits per heavy atom. The van der Waals surface area contributed by atoms with E-state index in [2.05, 4.69) is 10.0 Å². The van der Waals surface area contributed by atoms with E-state index in [4.69, 9.17) is 27.9 Å². The molecule has 0 spiro atoms. The van der Waals surface area contributed by atoms with E-state index in [-0.39, 0.29) is 22.7 Å². The lowest BCUT2D eigenvalue weighted by molar-refractivity contribution is 0.0577. The molecule has 1 heterocycles. The first kappa shape index (κ1) is 22.0. The molecule has 1 aromatic rings. The molecule has 2 rings (SSSR count). The van der Waals surface area contributed by atoms with Gasteiger partial charge in [0.05, 0.1) is 11.5 Å². The van der Waals surface area contributed by atoms with Gasteiger partial charge in [0.25, 0.3) is 0 Å². The highest BCUT2D eigenvalue weighted by Crippen LogP contribution is 2.30. The van der Waals surface area contributed by atoms with Crippen molar-refractivity contribution in [1.29, 1.82) is 0 Å². The number of halogens is 3. The Labute approximate surface area is 159 Å². The molecule has 2 N–H and O–H groups in total. The molecule has 1 fully saturated rings. The molecule has 24 heavy (non-hydrogen) atoms. The normalized spacial score (nSPS) is 17.3. The van der Waals surface area contributed by atoms with Crippen LogP contribution >= 0.6 is 35.6 Å². The highest BCUT2D eigenvalue weighted by Gasteiger charge is 2.33. The lowest BCUT2D eigenvalue weighted by Gasteiger charge is -2.37. The maximum absolute atomic E-state index is 12.6. The molecule has 0 aromatic heterocycles. The van der Waals surface area contributed by atoms with Gasteiger partial charge < -0.3 is 10.1 Å². The number of sulfonamides is 1. The smallest absolute Gasteiger partial charge is 0.240 e. The summed E-state index contributed by atoms with van der Waals surface area (Å²) in [5.41, 5.74) is 0.479. The molecule has 5 nitrogen and oxygen atoms in total. The Balaban J connectivity index is 0.00000288. The molecule has 1 saturated heterocycles. The third kappa shape index (κ3) is 5.21. The van der Waals surface area contributed by atoms with Crippen LogP contribution in [-0.2, 0) is 14.8 Å². The largest absolute Gasteiger partial charge is 0.384 e. The summed E-state index contributed by atoms with van der Waals surface area (Å²) >= 11 is 12.1. The summed E-state index contributed by atoms with van der Waals surface area (Å²) in [6.45, 7) is 4.30. The zero-order chi connectivity index (χ0) is 17.1. The number of rotatable bonds is 6. The number of benzene rings is 1. The van der Waals surface area contributed by atoms with Gasteiger partial charge in [0, 0.05) is 29.1 Å². The Morgan fingerprint density at radius 1 is 1.25 bits per heavy atom. The Bertz CT molecular complexity index is 633. The van der Waals surface area contributed by atoms with Gasteiger partial charge in [0.15, 0.2) is 0 Å². The van der Waals surface area contributed by atoms with Gasteiger partial charge in [0.1, 0.15) is 0 Å². The van der Waals surface area contributed by atoms with Gasteiger partial charge in [-0.1, -0.05) is 23.2 Å². The number of hydrogen-bond donors (Lipinski definition) is 2. The van der Waals surface area contributed by atoms with Crippen molar-refractivity contribution >= 4 is 45.6 Å². The zero-order valence-corrected chi connectivity index (χ0v) is 16.8. The van der Waals surface area contributed by atoms with E-state index in [9.17, 15) is 8.42 Å². The summed E-state index contributed by atoms with van der Waals surface area (Å²) < 4.78 is 33.1. The van der Waals surface area contributed by atoms with Crippen molar-refractivity contribution in [2.45, 2.75) is 24.7 Å². The van der Waals surface area contributed by atoms with E-state index >= 15 is 0 Å². The molecular formula is C15H23Cl3N2O3S. The Kier molecular flexibility index (Phi) is 8.26. The van der Waals surface area contributed by atoms with Gasteiger partial charge in [-0.05, 0) is 50.6 Å². The quantitative estimate of drug-likeness (QED) is 0.746. The van der Waals surface area contributed by atoms with Gasteiger partial charge in [-0.3, -0.25) is 0 Å². The van der Waals surface area contributed by atoms with Crippen LogP contribution in [0, 0.1) is 12.3 Å². The van der Waals surface area contributed by atoms with Crippen LogP contribution in [0.3, 0.4) is 0 Å².